The lowest BCUT2D eigenvalue weighted by atomic mass is 10.2. The molecule has 1 heterocycles. The standard InChI is InChI=1S/C12H18ClN3O2/c1-8(7-17)6-14-12(18)9-4-10(13)15-11(5-9)16(2)3/h4-5,8,17H,6-7H2,1-3H3,(H,14,18). The zero-order chi connectivity index (χ0) is 13.7. The largest absolute Gasteiger partial charge is 0.396 e. The van der Waals surface area contributed by atoms with Gasteiger partial charge in [-0.1, -0.05) is 18.5 Å². The fourth-order valence-electron chi connectivity index (χ4n) is 1.28. The van der Waals surface area contributed by atoms with Gasteiger partial charge in [0.1, 0.15) is 11.0 Å². The molecule has 0 radical (unpaired) electrons. The molecule has 1 aromatic heterocycles. The number of aliphatic hydroxyl groups excluding tert-OH is 1. The number of aliphatic hydroxyl groups is 1. The smallest absolute Gasteiger partial charge is 0.251 e. The molecule has 0 aliphatic rings. The van der Waals surface area contributed by atoms with Gasteiger partial charge in [0.25, 0.3) is 5.91 Å². The average Bonchev–Trinajstić information content (AvgIpc) is 2.34. The highest BCUT2D eigenvalue weighted by Crippen LogP contribution is 2.16. The summed E-state index contributed by atoms with van der Waals surface area (Å²) in [4.78, 5) is 17.8. The molecule has 2 N–H and O–H groups in total. The first-order valence-corrected chi connectivity index (χ1v) is 6.05. The third-order valence-corrected chi connectivity index (χ3v) is 2.62. The number of carbonyl (C=O) groups is 1. The van der Waals surface area contributed by atoms with Crippen LogP contribution < -0.4 is 10.2 Å². The summed E-state index contributed by atoms with van der Waals surface area (Å²) in [6.45, 7) is 2.32. The maximum atomic E-state index is 11.9. The van der Waals surface area contributed by atoms with Crippen LogP contribution in [0.4, 0.5) is 5.82 Å². The van der Waals surface area contributed by atoms with E-state index < -0.39 is 0 Å². The average molecular weight is 272 g/mol. The van der Waals surface area contributed by atoms with E-state index in [2.05, 4.69) is 10.3 Å². The van der Waals surface area contributed by atoms with Gasteiger partial charge in [0, 0.05) is 32.8 Å². The third-order valence-electron chi connectivity index (χ3n) is 2.42. The van der Waals surface area contributed by atoms with Crippen LogP contribution in [0.1, 0.15) is 17.3 Å². The van der Waals surface area contributed by atoms with Crippen molar-refractivity contribution >= 4 is 23.3 Å². The number of anilines is 1. The van der Waals surface area contributed by atoms with Gasteiger partial charge in [-0.15, -0.1) is 0 Å². The second-order valence-electron chi connectivity index (χ2n) is 4.43. The topological polar surface area (TPSA) is 65.5 Å². The van der Waals surface area contributed by atoms with Gasteiger partial charge < -0.3 is 15.3 Å². The lowest BCUT2D eigenvalue weighted by Gasteiger charge is -2.14. The van der Waals surface area contributed by atoms with Crippen LogP contribution in [0.15, 0.2) is 12.1 Å². The Morgan fingerprint density at radius 1 is 1.56 bits per heavy atom. The second kappa shape index (κ2) is 6.56. The van der Waals surface area contributed by atoms with Crippen LogP contribution in [0.25, 0.3) is 0 Å². The van der Waals surface area contributed by atoms with E-state index in [1.807, 2.05) is 21.0 Å². The summed E-state index contributed by atoms with van der Waals surface area (Å²) in [5.74, 6) is 0.435. The molecule has 6 heteroatoms. The molecular weight excluding hydrogens is 254 g/mol. The molecule has 1 unspecified atom stereocenters. The van der Waals surface area contributed by atoms with Crippen molar-refractivity contribution in [1.29, 1.82) is 0 Å². The number of rotatable bonds is 5. The number of carbonyl (C=O) groups excluding carboxylic acids is 1. The Morgan fingerprint density at radius 3 is 2.78 bits per heavy atom. The Kier molecular flexibility index (Phi) is 5.37. The first-order chi connectivity index (χ1) is 8.43. The van der Waals surface area contributed by atoms with Gasteiger partial charge in [-0.3, -0.25) is 4.79 Å². The fraction of sp³-hybridized carbons (Fsp3) is 0.500. The van der Waals surface area contributed by atoms with E-state index in [-0.39, 0.29) is 23.6 Å². The van der Waals surface area contributed by atoms with Crippen molar-refractivity contribution in [3.63, 3.8) is 0 Å². The minimum Gasteiger partial charge on any atom is -0.396 e. The van der Waals surface area contributed by atoms with Gasteiger partial charge in [0.05, 0.1) is 0 Å². The Balaban J connectivity index is 2.79. The van der Waals surface area contributed by atoms with Crippen molar-refractivity contribution in [2.45, 2.75) is 6.92 Å². The highest BCUT2D eigenvalue weighted by Gasteiger charge is 2.11. The molecule has 1 rings (SSSR count). The number of nitrogens with zero attached hydrogens (tertiary/aromatic N) is 2. The minimum atomic E-state index is -0.220. The van der Waals surface area contributed by atoms with Gasteiger partial charge in [0.15, 0.2) is 0 Å². The van der Waals surface area contributed by atoms with Crippen molar-refractivity contribution in [2.75, 3.05) is 32.1 Å². The maximum absolute atomic E-state index is 11.9. The summed E-state index contributed by atoms with van der Waals surface area (Å²) in [5.41, 5.74) is 0.462. The normalized spacial score (nSPS) is 12.1. The van der Waals surface area contributed by atoms with Crippen LogP contribution >= 0.6 is 11.6 Å². The minimum absolute atomic E-state index is 0.0274. The van der Waals surface area contributed by atoms with Crippen LogP contribution in [0.3, 0.4) is 0 Å². The lowest BCUT2D eigenvalue weighted by Crippen LogP contribution is -2.29. The number of aromatic nitrogens is 1. The zero-order valence-electron chi connectivity index (χ0n) is 10.8. The van der Waals surface area contributed by atoms with E-state index in [0.717, 1.165) is 0 Å². The molecule has 0 bridgehead atoms. The van der Waals surface area contributed by atoms with Crippen LogP contribution in [0.5, 0.6) is 0 Å². The molecule has 18 heavy (non-hydrogen) atoms. The van der Waals surface area contributed by atoms with Crippen LogP contribution in [0.2, 0.25) is 5.15 Å². The number of hydrogen-bond acceptors (Lipinski definition) is 4. The number of halogens is 1. The molecule has 0 aliphatic carbocycles. The molecule has 5 nitrogen and oxygen atoms in total. The Morgan fingerprint density at radius 2 is 2.22 bits per heavy atom. The molecular formula is C12H18ClN3O2. The van der Waals surface area contributed by atoms with Gasteiger partial charge >= 0.3 is 0 Å². The second-order valence-corrected chi connectivity index (χ2v) is 4.82. The number of nitrogens with one attached hydrogen (secondary N) is 1. The summed E-state index contributed by atoms with van der Waals surface area (Å²) in [7, 11) is 3.66. The molecule has 0 spiro atoms. The van der Waals surface area contributed by atoms with Crippen molar-refractivity contribution in [1.82, 2.24) is 10.3 Å². The summed E-state index contributed by atoms with van der Waals surface area (Å²) >= 11 is 5.87. The monoisotopic (exact) mass is 271 g/mol. The van der Waals surface area contributed by atoms with Crippen molar-refractivity contribution in [3.05, 3.63) is 22.8 Å². The van der Waals surface area contributed by atoms with E-state index in [9.17, 15) is 4.79 Å². The fourth-order valence-corrected chi connectivity index (χ4v) is 1.48. The van der Waals surface area contributed by atoms with Gasteiger partial charge in [-0.05, 0) is 18.1 Å². The molecule has 0 saturated heterocycles. The molecule has 0 aliphatic heterocycles. The summed E-state index contributed by atoms with van der Waals surface area (Å²) in [6.07, 6.45) is 0. The van der Waals surface area contributed by atoms with E-state index in [4.69, 9.17) is 16.7 Å². The number of pyridine rings is 1. The first-order valence-electron chi connectivity index (χ1n) is 5.68. The Hall–Kier alpha value is -1.33. The quantitative estimate of drug-likeness (QED) is 0.789. The molecule has 1 aromatic rings. The maximum Gasteiger partial charge on any atom is 0.251 e. The zero-order valence-corrected chi connectivity index (χ0v) is 11.5. The molecule has 0 fully saturated rings. The van der Waals surface area contributed by atoms with E-state index in [0.29, 0.717) is 17.9 Å². The third kappa shape index (κ3) is 4.16. The Bertz CT molecular complexity index is 424. The molecule has 1 atom stereocenters. The first kappa shape index (κ1) is 14.7. The van der Waals surface area contributed by atoms with E-state index in [1.165, 1.54) is 6.07 Å². The molecule has 0 saturated carbocycles. The number of amides is 1. The van der Waals surface area contributed by atoms with Crippen LogP contribution in [-0.2, 0) is 0 Å². The molecule has 1 amide bonds. The van der Waals surface area contributed by atoms with Gasteiger partial charge in [-0.25, -0.2) is 4.98 Å². The van der Waals surface area contributed by atoms with Crippen molar-refractivity contribution in [2.24, 2.45) is 5.92 Å². The predicted octanol–water partition coefficient (Wildman–Crippen LogP) is 1.16. The van der Waals surface area contributed by atoms with Crippen molar-refractivity contribution < 1.29 is 9.90 Å². The van der Waals surface area contributed by atoms with Gasteiger partial charge in [-0.2, -0.15) is 0 Å². The van der Waals surface area contributed by atoms with E-state index in [1.54, 1.807) is 11.0 Å². The van der Waals surface area contributed by atoms with Crippen LogP contribution in [-0.4, -0.2) is 43.2 Å². The highest BCUT2D eigenvalue weighted by molar-refractivity contribution is 6.29. The van der Waals surface area contributed by atoms with E-state index >= 15 is 0 Å². The summed E-state index contributed by atoms with van der Waals surface area (Å²) < 4.78 is 0. The number of hydrogen-bond donors (Lipinski definition) is 2. The Labute approximate surface area is 112 Å². The van der Waals surface area contributed by atoms with Gasteiger partial charge in [0.2, 0.25) is 0 Å². The van der Waals surface area contributed by atoms with Crippen LogP contribution in [0, 0.1) is 5.92 Å². The summed E-state index contributed by atoms with van der Waals surface area (Å²) in [5, 5.41) is 11.9. The van der Waals surface area contributed by atoms with Crippen molar-refractivity contribution in [3.8, 4) is 0 Å². The highest BCUT2D eigenvalue weighted by atomic mass is 35.5. The molecule has 0 aromatic carbocycles. The lowest BCUT2D eigenvalue weighted by molar-refractivity contribution is 0.0942. The SMILES string of the molecule is CC(CO)CNC(=O)c1cc(Cl)nc(N(C)C)c1. The molecule has 100 valence electrons. The predicted molar refractivity (Wildman–Crippen MR) is 72.2 cm³/mol. The summed E-state index contributed by atoms with van der Waals surface area (Å²) in [6, 6.07) is 3.19.